The SMILES string of the molecule is Cc1cccc([C@@H](C)NC2CCCCC2CN)c1. The molecule has 2 rings (SSSR count). The maximum Gasteiger partial charge on any atom is 0.0294 e. The van der Waals surface area contributed by atoms with Crippen LogP contribution in [-0.2, 0) is 0 Å². The van der Waals surface area contributed by atoms with Gasteiger partial charge in [0.25, 0.3) is 0 Å². The molecule has 0 saturated heterocycles. The summed E-state index contributed by atoms with van der Waals surface area (Å²) in [6.07, 6.45) is 5.25. The van der Waals surface area contributed by atoms with Crippen molar-refractivity contribution in [3.05, 3.63) is 35.4 Å². The summed E-state index contributed by atoms with van der Waals surface area (Å²) in [7, 11) is 0. The van der Waals surface area contributed by atoms with E-state index in [2.05, 4.69) is 43.4 Å². The predicted octanol–water partition coefficient (Wildman–Crippen LogP) is 3.16. The van der Waals surface area contributed by atoms with E-state index in [4.69, 9.17) is 5.73 Å². The summed E-state index contributed by atoms with van der Waals surface area (Å²) in [6, 6.07) is 9.80. The van der Waals surface area contributed by atoms with Crippen molar-refractivity contribution in [2.45, 2.75) is 51.6 Å². The minimum Gasteiger partial charge on any atom is -0.330 e. The molecule has 3 atom stereocenters. The molecule has 1 aromatic rings. The van der Waals surface area contributed by atoms with Crippen LogP contribution in [0.1, 0.15) is 49.8 Å². The third kappa shape index (κ3) is 3.33. The maximum absolute atomic E-state index is 5.89. The van der Waals surface area contributed by atoms with E-state index in [-0.39, 0.29) is 0 Å². The largest absolute Gasteiger partial charge is 0.330 e. The van der Waals surface area contributed by atoms with Gasteiger partial charge in [-0.3, -0.25) is 0 Å². The molecule has 1 aliphatic carbocycles. The Morgan fingerprint density at radius 3 is 2.83 bits per heavy atom. The average molecular weight is 246 g/mol. The summed E-state index contributed by atoms with van der Waals surface area (Å²) in [6.45, 7) is 5.23. The fourth-order valence-corrected chi connectivity index (χ4v) is 3.07. The molecule has 0 aliphatic heterocycles. The number of nitrogens with one attached hydrogen (secondary N) is 1. The fraction of sp³-hybridized carbons (Fsp3) is 0.625. The molecule has 100 valence electrons. The molecule has 18 heavy (non-hydrogen) atoms. The van der Waals surface area contributed by atoms with Crippen molar-refractivity contribution >= 4 is 0 Å². The van der Waals surface area contributed by atoms with Crippen LogP contribution in [0, 0.1) is 12.8 Å². The lowest BCUT2D eigenvalue weighted by molar-refractivity contribution is 0.252. The average Bonchev–Trinajstić information content (AvgIpc) is 2.39. The van der Waals surface area contributed by atoms with Gasteiger partial charge in [0.15, 0.2) is 0 Å². The van der Waals surface area contributed by atoms with Crippen LogP contribution in [0.25, 0.3) is 0 Å². The highest BCUT2D eigenvalue weighted by atomic mass is 15.0. The van der Waals surface area contributed by atoms with Gasteiger partial charge in [0.05, 0.1) is 0 Å². The molecule has 0 bridgehead atoms. The third-order valence-corrected chi connectivity index (χ3v) is 4.22. The number of benzene rings is 1. The van der Waals surface area contributed by atoms with Gasteiger partial charge >= 0.3 is 0 Å². The lowest BCUT2D eigenvalue weighted by Gasteiger charge is -2.34. The molecule has 0 amide bonds. The molecule has 1 aliphatic rings. The van der Waals surface area contributed by atoms with E-state index in [0.717, 1.165) is 6.54 Å². The van der Waals surface area contributed by atoms with Crippen molar-refractivity contribution in [3.63, 3.8) is 0 Å². The van der Waals surface area contributed by atoms with E-state index < -0.39 is 0 Å². The van der Waals surface area contributed by atoms with E-state index in [9.17, 15) is 0 Å². The summed E-state index contributed by atoms with van der Waals surface area (Å²) in [5.74, 6) is 0.658. The van der Waals surface area contributed by atoms with E-state index >= 15 is 0 Å². The van der Waals surface area contributed by atoms with Gasteiger partial charge < -0.3 is 11.1 Å². The Balaban J connectivity index is 1.99. The van der Waals surface area contributed by atoms with Crippen molar-refractivity contribution in [1.29, 1.82) is 0 Å². The van der Waals surface area contributed by atoms with E-state index in [0.29, 0.717) is 18.0 Å². The molecule has 1 aromatic carbocycles. The Labute approximate surface area is 111 Å². The molecule has 2 nitrogen and oxygen atoms in total. The Hall–Kier alpha value is -0.860. The van der Waals surface area contributed by atoms with Crippen molar-refractivity contribution in [3.8, 4) is 0 Å². The first-order chi connectivity index (χ1) is 8.70. The quantitative estimate of drug-likeness (QED) is 0.856. The highest BCUT2D eigenvalue weighted by molar-refractivity contribution is 5.24. The Bertz CT molecular complexity index is 375. The number of nitrogens with two attached hydrogens (primary N) is 1. The molecule has 0 radical (unpaired) electrons. The molecule has 1 fully saturated rings. The molecule has 0 spiro atoms. The zero-order valence-corrected chi connectivity index (χ0v) is 11.7. The van der Waals surface area contributed by atoms with E-state index in [1.807, 2.05) is 0 Å². The van der Waals surface area contributed by atoms with Crippen molar-refractivity contribution in [2.24, 2.45) is 11.7 Å². The van der Waals surface area contributed by atoms with Crippen molar-refractivity contribution < 1.29 is 0 Å². The molecule has 1 saturated carbocycles. The topological polar surface area (TPSA) is 38.0 Å². The third-order valence-electron chi connectivity index (χ3n) is 4.22. The van der Waals surface area contributed by atoms with Gasteiger partial charge in [0.1, 0.15) is 0 Å². The lowest BCUT2D eigenvalue weighted by Crippen LogP contribution is -2.42. The number of hydrogen-bond acceptors (Lipinski definition) is 2. The van der Waals surface area contributed by atoms with Gasteiger partial charge in [0.2, 0.25) is 0 Å². The second-order valence-electron chi connectivity index (χ2n) is 5.69. The number of rotatable bonds is 4. The standard InChI is InChI=1S/C16H26N2/c1-12-6-5-8-14(10-12)13(2)18-16-9-4-3-7-15(16)11-17/h5-6,8,10,13,15-16,18H,3-4,7,9,11,17H2,1-2H3/t13-,15?,16?/m1/s1. The molecule has 2 unspecified atom stereocenters. The summed E-state index contributed by atoms with van der Waals surface area (Å²) in [4.78, 5) is 0. The summed E-state index contributed by atoms with van der Waals surface area (Å²) < 4.78 is 0. The summed E-state index contributed by atoms with van der Waals surface area (Å²) in [5.41, 5.74) is 8.61. The molecule has 0 heterocycles. The van der Waals surface area contributed by atoms with Crippen LogP contribution in [0.4, 0.5) is 0 Å². The summed E-state index contributed by atoms with van der Waals surface area (Å²) in [5, 5.41) is 3.78. The second kappa shape index (κ2) is 6.35. The van der Waals surface area contributed by atoms with E-state index in [1.165, 1.54) is 36.8 Å². The van der Waals surface area contributed by atoms with Gasteiger partial charge in [-0.05, 0) is 44.7 Å². The van der Waals surface area contributed by atoms with E-state index in [1.54, 1.807) is 0 Å². The van der Waals surface area contributed by atoms with Crippen LogP contribution in [-0.4, -0.2) is 12.6 Å². The molecular weight excluding hydrogens is 220 g/mol. The first kappa shape index (κ1) is 13.6. The molecule has 0 aromatic heterocycles. The Morgan fingerprint density at radius 1 is 1.33 bits per heavy atom. The van der Waals surface area contributed by atoms with Gasteiger partial charge in [-0.25, -0.2) is 0 Å². The Kier molecular flexibility index (Phi) is 4.79. The van der Waals surface area contributed by atoms with Crippen LogP contribution >= 0.6 is 0 Å². The van der Waals surface area contributed by atoms with Crippen LogP contribution in [0.5, 0.6) is 0 Å². The highest BCUT2D eigenvalue weighted by Crippen LogP contribution is 2.26. The van der Waals surface area contributed by atoms with Crippen LogP contribution in [0.3, 0.4) is 0 Å². The minimum atomic E-state index is 0.419. The Morgan fingerprint density at radius 2 is 2.11 bits per heavy atom. The molecule has 3 N–H and O–H groups in total. The molecule has 2 heteroatoms. The van der Waals surface area contributed by atoms with Gasteiger partial charge in [-0.15, -0.1) is 0 Å². The zero-order chi connectivity index (χ0) is 13.0. The second-order valence-corrected chi connectivity index (χ2v) is 5.69. The van der Waals surface area contributed by atoms with Crippen LogP contribution in [0.15, 0.2) is 24.3 Å². The monoisotopic (exact) mass is 246 g/mol. The summed E-state index contributed by atoms with van der Waals surface area (Å²) >= 11 is 0. The van der Waals surface area contributed by atoms with Crippen LogP contribution in [0.2, 0.25) is 0 Å². The fourth-order valence-electron chi connectivity index (χ4n) is 3.07. The van der Waals surface area contributed by atoms with Gasteiger partial charge in [-0.2, -0.15) is 0 Å². The van der Waals surface area contributed by atoms with Crippen LogP contribution < -0.4 is 11.1 Å². The highest BCUT2D eigenvalue weighted by Gasteiger charge is 2.25. The lowest BCUT2D eigenvalue weighted by atomic mass is 9.84. The normalized spacial score (nSPS) is 25.9. The van der Waals surface area contributed by atoms with Crippen molar-refractivity contribution in [2.75, 3.05) is 6.54 Å². The van der Waals surface area contributed by atoms with Gasteiger partial charge in [-0.1, -0.05) is 42.7 Å². The zero-order valence-electron chi connectivity index (χ0n) is 11.7. The molecular formula is C16H26N2. The smallest absolute Gasteiger partial charge is 0.0294 e. The predicted molar refractivity (Wildman–Crippen MR) is 77.5 cm³/mol. The first-order valence-electron chi connectivity index (χ1n) is 7.23. The van der Waals surface area contributed by atoms with Crippen molar-refractivity contribution in [1.82, 2.24) is 5.32 Å². The first-order valence-corrected chi connectivity index (χ1v) is 7.23. The van der Waals surface area contributed by atoms with Gasteiger partial charge in [0, 0.05) is 12.1 Å². The minimum absolute atomic E-state index is 0.419. The number of hydrogen-bond donors (Lipinski definition) is 2. The number of aryl methyl sites for hydroxylation is 1. The maximum atomic E-state index is 5.89.